The van der Waals surface area contributed by atoms with Crippen molar-refractivity contribution < 1.29 is 23.1 Å². The third-order valence-corrected chi connectivity index (χ3v) is 4.29. The Labute approximate surface area is 172 Å². The zero-order valence-corrected chi connectivity index (χ0v) is 16.0. The Morgan fingerprint density at radius 1 is 0.833 bits per heavy atom. The average molecular weight is 410 g/mol. The summed E-state index contributed by atoms with van der Waals surface area (Å²) in [4.78, 5) is 25.0. The maximum atomic E-state index is 13.4. The first-order valence-corrected chi connectivity index (χ1v) is 9.28. The molecule has 0 spiro atoms. The van der Waals surface area contributed by atoms with Gasteiger partial charge in [-0.05, 0) is 23.3 Å². The van der Waals surface area contributed by atoms with Gasteiger partial charge in [-0.15, -0.1) is 0 Å². The molecule has 2 amide bonds. The second-order valence-corrected chi connectivity index (χ2v) is 6.57. The molecule has 3 rings (SSSR count). The summed E-state index contributed by atoms with van der Waals surface area (Å²) in [6, 6.07) is 20.3. The van der Waals surface area contributed by atoms with E-state index in [0.29, 0.717) is 0 Å². The van der Waals surface area contributed by atoms with E-state index in [1.807, 2.05) is 60.7 Å². The minimum absolute atomic E-state index is 0.0511. The van der Waals surface area contributed by atoms with Gasteiger partial charge in [-0.3, -0.25) is 4.79 Å². The molecule has 0 unspecified atom stereocenters. The first kappa shape index (κ1) is 21.0. The van der Waals surface area contributed by atoms with Crippen LogP contribution in [0.5, 0.6) is 0 Å². The number of hydrogen-bond donors (Lipinski definition) is 2. The largest absolute Gasteiger partial charge is 0.445 e. The average Bonchev–Trinajstić information content (AvgIpc) is 2.76. The van der Waals surface area contributed by atoms with Crippen LogP contribution >= 0.6 is 0 Å². The summed E-state index contributed by atoms with van der Waals surface area (Å²) in [7, 11) is 0. The monoisotopic (exact) mass is 410 g/mol. The molecule has 0 radical (unpaired) electrons. The molecule has 154 valence electrons. The number of hydrogen-bond acceptors (Lipinski definition) is 3. The van der Waals surface area contributed by atoms with Gasteiger partial charge in [-0.2, -0.15) is 0 Å². The first-order chi connectivity index (χ1) is 14.5. The lowest BCUT2D eigenvalue weighted by Crippen LogP contribution is -2.45. The van der Waals surface area contributed by atoms with Crippen molar-refractivity contribution in [2.45, 2.75) is 19.1 Å². The molecule has 0 aliphatic rings. The van der Waals surface area contributed by atoms with Crippen molar-refractivity contribution in [3.05, 3.63) is 102 Å². The van der Waals surface area contributed by atoms with Crippen LogP contribution in [0.3, 0.4) is 0 Å². The van der Waals surface area contributed by atoms with E-state index >= 15 is 0 Å². The van der Waals surface area contributed by atoms with Crippen LogP contribution in [0.1, 0.15) is 11.1 Å². The lowest BCUT2D eigenvalue weighted by atomic mass is 10.1. The van der Waals surface area contributed by atoms with E-state index < -0.39 is 29.7 Å². The summed E-state index contributed by atoms with van der Waals surface area (Å²) in [5.74, 6) is -2.68. The van der Waals surface area contributed by atoms with Crippen molar-refractivity contribution in [3.63, 3.8) is 0 Å². The number of carbonyl (C=O) groups excluding carboxylic acids is 2. The second-order valence-electron chi connectivity index (χ2n) is 6.57. The molecule has 7 heteroatoms. The number of amides is 2. The molecule has 0 aliphatic carbocycles. The van der Waals surface area contributed by atoms with Gasteiger partial charge >= 0.3 is 6.09 Å². The minimum atomic E-state index is -1.08. The molecule has 0 aliphatic heterocycles. The molecular formula is C23H20F2N2O3. The standard InChI is InChI=1S/C23H20F2N2O3/c24-19-12-11-18(14-20(19)25)26-22(28)21(13-16-7-3-1-4-8-16)27-23(29)30-15-17-9-5-2-6-10-17/h1-12,14,21H,13,15H2,(H,26,28)(H,27,29)/t21-/m0/s1. The van der Waals surface area contributed by atoms with Gasteiger partial charge in [0.1, 0.15) is 12.6 Å². The molecule has 0 saturated carbocycles. The van der Waals surface area contributed by atoms with Crippen LogP contribution in [0, 0.1) is 11.6 Å². The number of nitrogens with one attached hydrogen (secondary N) is 2. The SMILES string of the molecule is O=C(N[C@@H](Cc1ccccc1)C(=O)Nc1ccc(F)c(F)c1)OCc1ccccc1. The van der Waals surface area contributed by atoms with Crippen molar-refractivity contribution >= 4 is 17.7 Å². The van der Waals surface area contributed by atoms with E-state index in [4.69, 9.17) is 4.74 Å². The highest BCUT2D eigenvalue weighted by Crippen LogP contribution is 2.14. The summed E-state index contributed by atoms with van der Waals surface area (Å²) < 4.78 is 31.7. The molecule has 5 nitrogen and oxygen atoms in total. The Bertz CT molecular complexity index is 998. The van der Waals surface area contributed by atoms with Crippen molar-refractivity contribution in [2.75, 3.05) is 5.32 Å². The molecule has 0 saturated heterocycles. The molecule has 1 atom stereocenters. The summed E-state index contributed by atoms with van der Waals surface area (Å²) >= 11 is 0. The van der Waals surface area contributed by atoms with Gasteiger partial charge in [0, 0.05) is 18.2 Å². The molecule has 0 heterocycles. The quantitative estimate of drug-likeness (QED) is 0.605. The number of benzene rings is 3. The van der Waals surface area contributed by atoms with E-state index in [2.05, 4.69) is 10.6 Å². The van der Waals surface area contributed by atoms with Crippen LogP contribution in [0.4, 0.5) is 19.3 Å². The van der Waals surface area contributed by atoms with E-state index in [-0.39, 0.29) is 18.7 Å². The predicted octanol–water partition coefficient (Wildman–Crippen LogP) is 4.44. The maximum Gasteiger partial charge on any atom is 0.408 e. The van der Waals surface area contributed by atoms with E-state index in [0.717, 1.165) is 23.3 Å². The summed E-state index contributed by atoms with van der Waals surface area (Å²) in [6.07, 6.45) is -0.572. The molecule has 2 N–H and O–H groups in total. The maximum absolute atomic E-state index is 13.4. The second kappa shape index (κ2) is 10.2. The normalized spacial score (nSPS) is 11.4. The highest BCUT2D eigenvalue weighted by atomic mass is 19.2. The Hall–Kier alpha value is -3.74. The zero-order chi connectivity index (χ0) is 21.3. The Balaban J connectivity index is 1.68. The van der Waals surface area contributed by atoms with Crippen molar-refractivity contribution in [2.24, 2.45) is 0 Å². The fourth-order valence-corrected chi connectivity index (χ4v) is 2.77. The van der Waals surface area contributed by atoms with E-state index in [1.165, 1.54) is 6.07 Å². The van der Waals surface area contributed by atoms with Gasteiger partial charge in [0.25, 0.3) is 0 Å². The number of alkyl carbamates (subject to hydrolysis) is 1. The highest BCUT2D eigenvalue weighted by Gasteiger charge is 2.22. The van der Waals surface area contributed by atoms with Gasteiger partial charge in [-0.1, -0.05) is 60.7 Å². The fraction of sp³-hybridized carbons (Fsp3) is 0.130. The molecule has 3 aromatic carbocycles. The molecular weight excluding hydrogens is 390 g/mol. The number of anilines is 1. The fourth-order valence-electron chi connectivity index (χ4n) is 2.77. The molecule has 30 heavy (non-hydrogen) atoms. The van der Waals surface area contributed by atoms with Crippen LogP contribution < -0.4 is 10.6 Å². The first-order valence-electron chi connectivity index (χ1n) is 9.28. The Morgan fingerprint density at radius 3 is 2.10 bits per heavy atom. The van der Waals surface area contributed by atoms with Crippen molar-refractivity contribution in [1.82, 2.24) is 5.32 Å². The molecule has 0 aromatic heterocycles. The van der Waals surface area contributed by atoms with Gasteiger partial charge < -0.3 is 15.4 Å². The molecule has 0 bridgehead atoms. The summed E-state index contributed by atoms with van der Waals surface area (Å²) in [5, 5.41) is 5.03. The highest BCUT2D eigenvalue weighted by molar-refractivity contribution is 5.96. The van der Waals surface area contributed by atoms with E-state index in [1.54, 1.807) is 0 Å². The van der Waals surface area contributed by atoms with Gasteiger partial charge in [0.05, 0.1) is 0 Å². The summed E-state index contributed by atoms with van der Waals surface area (Å²) in [6.45, 7) is 0.0511. The smallest absolute Gasteiger partial charge is 0.408 e. The van der Waals surface area contributed by atoms with Crippen LogP contribution in [0.2, 0.25) is 0 Å². The molecule has 3 aromatic rings. The summed E-state index contributed by atoms with van der Waals surface area (Å²) in [5.41, 5.74) is 1.70. The van der Waals surface area contributed by atoms with Crippen LogP contribution in [0.15, 0.2) is 78.9 Å². The third-order valence-electron chi connectivity index (χ3n) is 4.29. The number of rotatable bonds is 7. The van der Waals surface area contributed by atoms with Crippen molar-refractivity contribution in [3.8, 4) is 0 Å². The topological polar surface area (TPSA) is 67.4 Å². The van der Waals surface area contributed by atoms with Crippen molar-refractivity contribution in [1.29, 1.82) is 0 Å². The van der Waals surface area contributed by atoms with Crippen LogP contribution in [-0.2, 0) is 22.6 Å². The predicted molar refractivity (Wildman–Crippen MR) is 109 cm³/mol. The Morgan fingerprint density at radius 2 is 1.47 bits per heavy atom. The molecule has 0 fully saturated rings. The number of ether oxygens (including phenoxy) is 1. The van der Waals surface area contributed by atoms with Crippen LogP contribution in [-0.4, -0.2) is 18.0 Å². The zero-order valence-electron chi connectivity index (χ0n) is 16.0. The minimum Gasteiger partial charge on any atom is -0.445 e. The number of carbonyl (C=O) groups is 2. The lowest BCUT2D eigenvalue weighted by Gasteiger charge is -2.19. The Kier molecular flexibility index (Phi) is 7.10. The lowest BCUT2D eigenvalue weighted by molar-refractivity contribution is -0.118. The number of halogens is 2. The van der Waals surface area contributed by atoms with Gasteiger partial charge in [-0.25, -0.2) is 13.6 Å². The van der Waals surface area contributed by atoms with Crippen LogP contribution in [0.25, 0.3) is 0 Å². The van der Waals surface area contributed by atoms with E-state index in [9.17, 15) is 18.4 Å². The third kappa shape index (κ3) is 6.13. The van der Waals surface area contributed by atoms with Gasteiger partial charge in [0.15, 0.2) is 11.6 Å². The van der Waals surface area contributed by atoms with Gasteiger partial charge in [0.2, 0.25) is 5.91 Å².